The molecule has 0 saturated carbocycles. The van der Waals surface area contributed by atoms with Crippen LogP contribution in [0.15, 0.2) is 41.3 Å². The largest absolute Gasteiger partial charge is 0.399 e. The van der Waals surface area contributed by atoms with Crippen LogP contribution in [0.3, 0.4) is 0 Å². The smallest absolute Gasteiger partial charge is 0.269 e. The van der Waals surface area contributed by atoms with Crippen molar-refractivity contribution < 1.29 is 17.2 Å². The normalized spacial score (nSPS) is 11.4. The Morgan fingerprint density at radius 2 is 1.67 bits per heavy atom. The Kier molecular flexibility index (Phi) is 3.87. The van der Waals surface area contributed by atoms with E-state index in [0.29, 0.717) is 5.69 Å². The molecular formula is C14H14F2N2O2S. The van der Waals surface area contributed by atoms with Crippen LogP contribution >= 0.6 is 0 Å². The number of nitrogens with two attached hydrogens (primary N) is 1. The average Bonchev–Trinajstić information content (AvgIpc) is 2.36. The Hall–Kier alpha value is -2.15. The van der Waals surface area contributed by atoms with E-state index in [-0.39, 0.29) is 5.69 Å². The zero-order valence-corrected chi connectivity index (χ0v) is 12.3. The third kappa shape index (κ3) is 2.82. The van der Waals surface area contributed by atoms with Gasteiger partial charge in [-0.25, -0.2) is 17.2 Å². The monoisotopic (exact) mass is 312 g/mol. The van der Waals surface area contributed by atoms with Gasteiger partial charge in [0, 0.05) is 12.7 Å². The van der Waals surface area contributed by atoms with E-state index in [1.807, 2.05) is 0 Å². The second-order valence-corrected chi connectivity index (χ2v) is 6.53. The minimum absolute atomic E-state index is 0.179. The van der Waals surface area contributed by atoms with Crippen molar-refractivity contribution in [3.05, 3.63) is 53.6 Å². The number of anilines is 2. The van der Waals surface area contributed by atoms with E-state index in [1.54, 1.807) is 25.1 Å². The van der Waals surface area contributed by atoms with E-state index in [4.69, 9.17) is 5.73 Å². The molecule has 0 heterocycles. The van der Waals surface area contributed by atoms with E-state index >= 15 is 0 Å². The summed E-state index contributed by atoms with van der Waals surface area (Å²) in [5.74, 6) is -2.43. The van der Waals surface area contributed by atoms with Crippen LogP contribution in [-0.4, -0.2) is 15.5 Å². The van der Waals surface area contributed by atoms with Crippen LogP contribution < -0.4 is 10.0 Å². The van der Waals surface area contributed by atoms with E-state index in [9.17, 15) is 17.2 Å². The highest BCUT2D eigenvalue weighted by atomic mass is 32.2. The third-order valence-electron chi connectivity index (χ3n) is 3.00. The predicted octanol–water partition coefficient (Wildman–Crippen LogP) is 2.68. The highest BCUT2D eigenvalue weighted by molar-refractivity contribution is 7.92. The Morgan fingerprint density at radius 1 is 1.10 bits per heavy atom. The summed E-state index contributed by atoms with van der Waals surface area (Å²) >= 11 is 0. The molecule has 2 N–H and O–H groups in total. The zero-order chi connectivity index (χ0) is 15.8. The van der Waals surface area contributed by atoms with Crippen LogP contribution in [0.2, 0.25) is 0 Å². The highest BCUT2D eigenvalue weighted by Crippen LogP contribution is 2.27. The Balaban J connectivity index is 2.57. The molecule has 0 aliphatic heterocycles. The summed E-state index contributed by atoms with van der Waals surface area (Å²) in [6.07, 6.45) is 0. The van der Waals surface area contributed by atoms with Gasteiger partial charge in [0.15, 0.2) is 4.90 Å². The van der Waals surface area contributed by atoms with Crippen LogP contribution in [0.1, 0.15) is 5.56 Å². The van der Waals surface area contributed by atoms with Crippen molar-refractivity contribution in [2.24, 2.45) is 0 Å². The Morgan fingerprint density at radius 3 is 2.19 bits per heavy atom. The van der Waals surface area contributed by atoms with Gasteiger partial charge in [0.1, 0.15) is 11.6 Å². The lowest BCUT2D eigenvalue weighted by Crippen LogP contribution is -2.28. The molecule has 0 radical (unpaired) electrons. The van der Waals surface area contributed by atoms with Crippen LogP contribution in [0.25, 0.3) is 0 Å². The summed E-state index contributed by atoms with van der Waals surface area (Å²) in [7, 11) is -3.12. The van der Waals surface area contributed by atoms with Gasteiger partial charge in [-0.2, -0.15) is 0 Å². The molecular weight excluding hydrogens is 298 g/mol. The first kappa shape index (κ1) is 15.2. The lowest BCUT2D eigenvalue weighted by atomic mass is 10.2. The molecule has 2 aromatic carbocycles. The van der Waals surface area contributed by atoms with Crippen molar-refractivity contribution in [2.45, 2.75) is 11.8 Å². The number of nitrogen functional groups attached to an aromatic ring is 1. The van der Waals surface area contributed by atoms with Crippen molar-refractivity contribution in [2.75, 3.05) is 17.1 Å². The molecule has 2 rings (SSSR count). The number of nitrogens with zero attached hydrogens (tertiary/aromatic N) is 1. The molecule has 7 heteroatoms. The van der Waals surface area contributed by atoms with Crippen molar-refractivity contribution in [1.82, 2.24) is 0 Å². The van der Waals surface area contributed by atoms with Crippen LogP contribution in [0.4, 0.5) is 20.2 Å². The second kappa shape index (κ2) is 5.33. The summed E-state index contributed by atoms with van der Waals surface area (Å²) in [5, 5.41) is 0. The number of sulfonamides is 1. The third-order valence-corrected chi connectivity index (χ3v) is 4.84. The Bertz CT molecular complexity index is 768. The molecule has 112 valence electrons. The van der Waals surface area contributed by atoms with Crippen LogP contribution in [-0.2, 0) is 10.0 Å². The average molecular weight is 312 g/mol. The first-order valence-electron chi connectivity index (χ1n) is 6.03. The maximum atomic E-state index is 13.8. The van der Waals surface area contributed by atoms with Gasteiger partial charge in [0.2, 0.25) is 0 Å². The maximum Gasteiger partial charge on any atom is 0.269 e. The quantitative estimate of drug-likeness (QED) is 0.886. The van der Waals surface area contributed by atoms with Gasteiger partial charge in [-0.05, 0) is 36.8 Å². The predicted molar refractivity (Wildman–Crippen MR) is 77.5 cm³/mol. The fourth-order valence-corrected chi connectivity index (χ4v) is 3.20. The van der Waals surface area contributed by atoms with Gasteiger partial charge in [-0.1, -0.05) is 12.1 Å². The Labute approximate surface area is 121 Å². The number of hydrogen-bond acceptors (Lipinski definition) is 3. The van der Waals surface area contributed by atoms with E-state index in [1.165, 1.54) is 13.1 Å². The molecule has 0 spiro atoms. The molecule has 21 heavy (non-hydrogen) atoms. The maximum absolute atomic E-state index is 13.8. The number of hydrogen-bond donors (Lipinski definition) is 1. The number of halogens is 2. The topological polar surface area (TPSA) is 63.4 Å². The van der Waals surface area contributed by atoms with Crippen LogP contribution in [0, 0.1) is 18.6 Å². The van der Waals surface area contributed by atoms with Gasteiger partial charge in [-0.3, -0.25) is 4.31 Å². The fraction of sp³-hybridized carbons (Fsp3) is 0.143. The van der Waals surface area contributed by atoms with Gasteiger partial charge in [-0.15, -0.1) is 0 Å². The number of benzene rings is 2. The summed E-state index contributed by atoms with van der Waals surface area (Å²) in [6, 6.07) is 8.14. The van der Waals surface area contributed by atoms with E-state index in [0.717, 1.165) is 22.0 Å². The first-order chi connectivity index (χ1) is 9.73. The van der Waals surface area contributed by atoms with Gasteiger partial charge in [0.25, 0.3) is 10.0 Å². The minimum atomic E-state index is -4.36. The van der Waals surface area contributed by atoms with Gasteiger partial charge in [0.05, 0.1) is 5.69 Å². The summed E-state index contributed by atoms with van der Waals surface area (Å²) in [4.78, 5) is -1.01. The summed E-state index contributed by atoms with van der Waals surface area (Å²) < 4.78 is 53.3. The van der Waals surface area contributed by atoms with Crippen molar-refractivity contribution in [3.63, 3.8) is 0 Å². The molecule has 4 nitrogen and oxygen atoms in total. The molecule has 0 aliphatic rings. The second-order valence-electron chi connectivity index (χ2n) is 4.63. The fourth-order valence-electron chi connectivity index (χ4n) is 1.93. The molecule has 0 atom stereocenters. The molecule has 0 amide bonds. The standard InChI is InChI=1S/C14H14F2N2O2S/c1-9-4-3-5-11(6-9)18(2)21(19,20)14-12(15)7-10(17)8-13(14)16/h3-8H,17H2,1-2H3. The number of rotatable bonds is 3. The molecule has 0 fully saturated rings. The highest BCUT2D eigenvalue weighted by Gasteiger charge is 2.29. The van der Waals surface area contributed by atoms with Crippen molar-refractivity contribution >= 4 is 21.4 Å². The molecule has 0 unspecified atom stereocenters. The van der Waals surface area contributed by atoms with E-state index in [2.05, 4.69) is 0 Å². The van der Waals surface area contributed by atoms with Gasteiger partial charge < -0.3 is 5.73 Å². The van der Waals surface area contributed by atoms with Crippen molar-refractivity contribution in [1.29, 1.82) is 0 Å². The van der Waals surface area contributed by atoms with Gasteiger partial charge >= 0.3 is 0 Å². The SMILES string of the molecule is Cc1cccc(N(C)S(=O)(=O)c2c(F)cc(N)cc2F)c1. The minimum Gasteiger partial charge on any atom is -0.399 e. The van der Waals surface area contributed by atoms with E-state index < -0.39 is 26.6 Å². The summed E-state index contributed by atoms with van der Waals surface area (Å²) in [6.45, 7) is 1.79. The first-order valence-corrected chi connectivity index (χ1v) is 7.47. The zero-order valence-electron chi connectivity index (χ0n) is 11.5. The molecule has 0 saturated heterocycles. The molecule has 2 aromatic rings. The molecule has 0 bridgehead atoms. The summed E-state index contributed by atoms with van der Waals surface area (Å²) in [5.41, 5.74) is 6.25. The number of aryl methyl sites for hydroxylation is 1. The molecule has 0 aliphatic carbocycles. The lowest BCUT2D eigenvalue weighted by Gasteiger charge is -2.20. The molecule has 0 aromatic heterocycles. The van der Waals surface area contributed by atoms with Crippen LogP contribution in [0.5, 0.6) is 0 Å². The lowest BCUT2D eigenvalue weighted by molar-refractivity contribution is 0.519. The van der Waals surface area contributed by atoms with Crippen molar-refractivity contribution in [3.8, 4) is 0 Å².